The molecule has 3 rings (SSSR count). The second-order valence-corrected chi connectivity index (χ2v) is 6.04. The molecule has 1 aliphatic rings. The van der Waals surface area contributed by atoms with Crippen LogP contribution in [0.4, 0.5) is 0 Å². The fourth-order valence-corrected chi connectivity index (χ4v) is 3.10. The number of rotatable bonds is 7. The van der Waals surface area contributed by atoms with Gasteiger partial charge in [-0.05, 0) is 24.5 Å². The number of aryl methyl sites for hydroxylation is 1. The van der Waals surface area contributed by atoms with Crippen molar-refractivity contribution >= 4 is 29.9 Å². The zero-order valence-electron chi connectivity index (χ0n) is 14.9. The molecule has 0 spiro atoms. The summed E-state index contributed by atoms with van der Waals surface area (Å²) in [5.41, 5.74) is 2.92. The van der Waals surface area contributed by atoms with Crippen molar-refractivity contribution in [3.63, 3.8) is 0 Å². The molecule has 1 aliphatic carbocycles. The minimum absolute atomic E-state index is 0. The zero-order chi connectivity index (χ0) is 16.8. The zero-order valence-corrected chi connectivity index (χ0v) is 17.2. The number of aromatic nitrogens is 3. The molecule has 0 bridgehead atoms. The molecule has 1 heterocycles. The maximum Gasteiger partial charge on any atom is 0.191 e. The Balaban J connectivity index is 0.00000225. The number of halogens is 1. The normalized spacial score (nSPS) is 15.8. The number of hydrogen-bond donors (Lipinski definition) is 2. The average molecular weight is 454 g/mol. The van der Waals surface area contributed by atoms with Crippen molar-refractivity contribution in [2.75, 3.05) is 19.6 Å². The van der Waals surface area contributed by atoms with Crippen molar-refractivity contribution in [1.82, 2.24) is 25.4 Å². The Hall–Kier alpha value is -1.64. The third-order valence-electron chi connectivity index (χ3n) is 4.43. The van der Waals surface area contributed by atoms with Crippen LogP contribution in [0.5, 0.6) is 0 Å². The monoisotopic (exact) mass is 454 g/mol. The predicted octanol–water partition coefficient (Wildman–Crippen LogP) is 2.35. The summed E-state index contributed by atoms with van der Waals surface area (Å²) >= 11 is 0. The van der Waals surface area contributed by atoms with E-state index in [2.05, 4.69) is 63.5 Å². The summed E-state index contributed by atoms with van der Waals surface area (Å²) in [6.07, 6.45) is 3.82. The number of benzene rings is 1. The summed E-state index contributed by atoms with van der Waals surface area (Å²) in [4.78, 5) is 4.75. The Morgan fingerprint density at radius 2 is 2.12 bits per heavy atom. The van der Waals surface area contributed by atoms with Gasteiger partial charge in [-0.25, -0.2) is 0 Å². The number of nitrogens with zero attached hydrogens (tertiary/aromatic N) is 4. The maximum absolute atomic E-state index is 4.75. The van der Waals surface area contributed by atoms with Crippen molar-refractivity contribution in [2.24, 2.45) is 4.99 Å². The van der Waals surface area contributed by atoms with E-state index in [0.29, 0.717) is 5.92 Å². The molecule has 1 atom stereocenters. The Morgan fingerprint density at radius 3 is 2.88 bits per heavy atom. The second-order valence-electron chi connectivity index (χ2n) is 6.04. The smallest absolute Gasteiger partial charge is 0.191 e. The van der Waals surface area contributed by atoms with Gasteiger partial charge in [0.25, 0.3) is 0 Å². The highest BCUT2D eigenvalue weighted by atomic mass is 127. The molecule has 7 heteroatoms. The third-order valence-corrected chi connectivity index (χ3v) is 4.43. The summed E-state index contributed by atoms with van der Waals surface area (Å²) in [5, 5.41) is 14.8. The first-order chi connectivity index (χ1) is 11.8. The first kappa shape index (κ1) is 19.7. The van der Waals surface area contributed by atoms with Gasteiger partial charge >= 0.3 is 0 Å². The molecule has 0 aliphatic heterocycles. The fourth-order valence-electron chi connectivity index (χ4n) is 3.10. The molecule has 136 valence electrons. The fraction of sp³-hybridized carbons (Fsp3) is 0.500. The van der Waals surface area contributed by atoms with Crippen molar-refractivity contribution in [2.45, 2.75) is 39.2 Å². The van der Waals surface area contributed by atoms with Crippen LogP contribution < -0.4 is 10.6 Å². The highest BCUT2D eigenvalue weighted by Gasteiger charge is 2.24. The van der Waals surface area contributed by atoms with Gasteiger partial charge in [-0.15, -0.1) is 34.2 Å². The molecule has 25 heavy (non-hydrogen) atoms. The summed E-state index contributed by atoms with van der Waals surface area (Å²) < 4.78 is 2.08. The molecule has 2 N–H and O–H groups in total. The van der Waals surface area contributed by atoms with Crippen LogP contribution in [-0.2, 0) is 19.4 Å². The van der Waals surface area contributed by atoms with E-state index in [1.54, 1.807) is 6.33 Å². The molecule has 6 nitrogen and oxygen atoms in total. The van der Waals surface area contributed by atoms with Gasteiger partial charge in [-0.2, -0.15) is 0 Å². The highest BCUT2D eigenvalue weighted by Crippen LogP contribution is 2.34. The van der Waals surface area contributed by atoms with E-state index in [-0.39, 0.29) is 24.0 Å². The van der Waals surface area contributed by atoms with Crippen LogP contribution in [-0.4, -0.2) is 40.4 Å². The van der Waals surface area contributed by atoms with E-state index < -0.39 is 0 Å². The van der Waals surface area contributed by atoms with Crippen LogP contribution in [0.2, 0.25) is 0 Å². The molecule has 0 saturated carbocycles. The van der Waals surface area contributed by atoms with E-state index in [0.717, 1.165) is 50.8 Å². The number of nitrogens with one attached hydrogen (secondary N) is 2. The van der Waals surface area contributed by atoms with Gasteiger partial charge in [0.15, 0.2) is 5.96 Å². The molecule has 2 aromatic rings. The lowest BCUT2D eigenvalue weighted by atomic mass is 9.78. The molecule has 1 aromatic heterocycles. The Bertz CT molecular complexity index is 696. The first-order valence-corrected chi connectivity index (χ1v) is 8.78. The molecule has 1 unspecified atom stereocenters. The van der Waals surface area contributed by atoms with E-state index in [1.165, 1.54) is 11.1 Å². The molecule has 0 radical (unpaired) electrons. The minimum atomic E-state index is 0. The molecule has 0 fully saturated rings. The minimum Gasteiger partial charge on any atom is -0.357 e. The van der Waals surface area contributed by atoms with E-state index in [9.17, 15) is 0 Å². The van der Waals surface area contributed by atoms with Crippen LogP contribution in [0.15, 0.2) is 35.6 Å². The molecular formula is C18H27IN6. The predicted molar refractivity (Wildman–Crippen MR) is 112 cm³/mol. The van der Waals surface area contributed by atoms with Crippen molar-refractivity contribution in [3.05, 3.63) is 47.5 Å². The van der Waals surface area contributed by atoms with Crippen LogP contribution in [0.3, 0.4) is 0 Å². The quantitative estimate of drug-likeness (QED) is 0.383. The number of fused-ring (bicyclic) bond motifs is 1. The van der Waals surface area contributed by atoms with Crippen molar-refractivity contribution in [3.8, 4) is 0 Å². The standard InChI is InChI=1S/C18H26N6.HI/c1-3-17-23-22-13-24(17)10-9-20-18(19-4-2)21-12-15-11-14-7-5-6-8-16(14)15;/h5-8,13,15H,3-4,9-12H2,1-2H3,(H2,19,20,21);1H. The SMILES string of the molecule is CCNC(=NCC1Cc2ccccc21)NCCn1cnnc1CC.I. The van der Waals surface area contributed by atoms with Crippen LogP contribution >= 0.6 is 24.0 Å². The lowest BCUT2D eigenvalue weighted by Gasteiger charge is -2.29. The number of aliphatic imine (C=N–C) groups is 1. The van der Waals surface area contributed by atoms with Crippen molar-refractivity contribution < 1.29 is 0 Å². The molecule has 1 aromatic carbocycles. The van der Waals surface area contributed by atoms with Gasteiger partial charge in [0.05, 0.1) is 0 Å². The van der Waals surface area contributed by atoms with E-state index in [1.807, 2.05) is 0 Å². The maximum atomic E-state index is 4.75. The van der Waals surface area contributed by atoms with Gasteiger partial charge in [0.1, 0.15) is 12.2 Å². The van der Waals surface area contributed by atoms with Crippen LogP contribution in [0.25, 0.3) is 0 Å². The summed E-state index contributed by atoms with van der Waals surface area (Å²) in [5.74, 6) is 2.46. The first-order valence-electron chi connectivity index (χ1n) is 8.78. The van der Waals surface area contributed by atoms with Gasteiger partial charge in [-0.1, -0.05) is 31.2 Å². The Morgan fingerprint density at radius 1 is 1.28 bits per heavy atom. The molecule has 0 saturated heterocycles. The topological polar surface area (TPSA) is 67.1 Å². The van der Waals surface area contributed by atoms with Crippen molar-refractivity contribution in [1.29, 1.82) is 0 Å². The average Bonchev–Trinajstić information content (AvgIpc) is 3.03. The summed E-state index contributed by atoms with van der Waals surface area (Å²) in [6, 6.07) is 8.66. The van der Waals surface area contributed by atoms with Gasteiger partial charge < -0.3 is 15.2 Å². The Labute approximate surface area is 166 Å². The summed E-state index contributed by atoms with van der Waals surface area (Å²) in [7, 11) is 0. The number of hydrogen-bond acceptors (Lipinski definition) is 3. The lowest BCUT2D eigenvalue weighted by molar-refractivity contribution is 0.607. The van der Waals surface area contributed by atoms with Gasteiger partial charge in [-0.3, -0.25) is 4.99 Å². The van der Waals surface area contributed by atoms with Gasteiger partial charge in [0, 0.05) is 38.5 Å². The third kappa shape index (κ3) is 4.93. The van der Waals surface area contributed by atoms with E-state index >= 15 is 0 Å². The lowest BCUT2D eigenvalue weighted by Crippen LogP contribution is -2.39. The highest BCUT2D eigenvalue weighted by molar-refractivity contribution is 14.0. The molecule has 0 amide bonds. The largest absolute Gasteiger partial charge is 0.357 e. The van der Waals surface area contributed by atoms with Crippen LogP contribution in [0, 0.1) is 0 Å². The van der Waals surface area contributed by atoms with E-state index in [4.69, 9.17) is 4.99 Å². The second kappa shape index (κ2) is 9.74. The summed E-state index contributed by atoms with van der Waals surface area (Å²) in [6.45, 7) is 7.52. The Kier molecular flexibility index (Phi) is 7.67. The van der Waals surface area contributed by atoms with Crippen LogP contribution in [0.1, 0.15) is 36.7 Å². The van der Waals surface area contributed by atoms with Gasteiger partial charge in [0.2, 0.25) is 0 Å². The number of guanidine groups is 1. The molecular weight excluding hydrogens is 427 g/mol.